The minimum atomic E-state index is -4.39. The molecule has 0 spiro atoms. The van der Waals surface area contributed by atoms with Crippen LogP contribution >= 0.6 is 0 Å². The Morgan fingerprint density at radius 1 is 1.19 bits per heavy atom. The standard InChI is InChI=1S/C18H14F3N3O3/c1-27-12-6-13-15(14(7-12)17(25)26)23-9-24-16(13)22-8-10-2-4-11(5-3-10)18(19,20)21/h2-7,9H,8H2,1H3,(H,25,26)(H,22,23,24). The van der Waals surface area contributed by atoms with Crippen LogP contribution in [-0.2, 0) is 12.7 Å². The van der Waals surface area contributed by atoms with Gasteiger partial charge in [-0.05, 0) is 29.8 Å². The summed E-state index contributed by atoms with van der Waals surface area (Å²) in [6, 6.07) is 7.68. The molecule has 0 unspecified atom stereocenters. The largest absolute Gasteiger partial charge is 0.497 e. The molecule has 0 fully saturated rings. The van der Waals surface area contributed by atoms with Crippen LogP contribution in [0.15, 0.2) is 42.7 Å². The van der Waals surface area contributed by atoms with Gasteiger partial charge in [0.1, 0.15) is 17.9 Å². The summed E-state index contributed by atoms with van der Waals surface area (Å²) >= 11 is 0. The van der Waals surface area contributed by atoms with E-state index in [1.165, 1.54) is 31.6 Å². The van der Waals surface area contributed by atoms with Gasteiger partial charge in [-0.2, -0.15) is 13.2 Å². The zero-order valence-corrected chi connectivity index (χ0v) is 14.0. The van der Waals surface area contributed by atoms with Crippen molar-refractivity contribution in [2.24, 2.45) is 0 Å². The average Bonchev–Trinajstić information content (AvgIpc) is 2.64. The molecule has 3 rings (SSSR count). The van der Waals surface area contributed by atoms with Gasteiger partial charge >= 0.3 is 12.1 Å². The number of benzene rings is 2. The van der Waals surface area contributed by atoms with Crippen molar-refractivity contribution < 1.29 is 27.8 Å². The van der Waals surface area contributed by atoms with Gasteiger partial charge in [0.2, 0.25) is 0 Å². The lowest BCUT2D eigenvalue weighted by Gasteiger charge is -2.12. The smallest absolute Gasteiger partial charge is 0.416 e. The highest BCUT2D eigenvalue weighted by Gasteiger charge is 2.29. The van der Waals surface area contributed by atoms with Crippen molar-refractivity contribution >= 4 is 22.7 Å². The van der Waals surface area contributed by atoms with E-state index in [4.69, 9.17) is 4.74 Å². The number of methoxy groups -OCH3 is 1. The summed E-state index contributed by atoms with van der Waals surface area (Å²) in [7, 11) is 1.41. The fraction of sp³-hybridized carbons (Fsp3) is 0.167. The summed E-state index contributed by atoms with van der Waals surface area (Å²) in [5.41, 5.74) is 0.0724. The van der Waals surface area contributed by atoms with Crippen LogP contribution in [0.5, 0.6) is 5.75 Å². The number of hydrogen-bond acceptors (Lipinski definition) is 5. The van der Waals surface area contributed by atoms with Crippen LogP contribution in [0.1, 0.15) is 21.5 Å². The molecule has 0 saturated carbocycles. The van der Waals surface area contributed by atoms with E-state index < -0.39 is 17.7 Å². The number of carbonyl (C=O) groups is 1. The number of aromatic nitrogens is 2. The lowest BCUT2D eigenvalue weighted by molar-refractivity contribution is -0.137. The number of nitrogens with one attached hydrogen (secondary N) is 1. The Morgan fingerprint density at radius 2 is 1.89 bits per heavy atom. The first-order valence-corrected chi connectivity index (χ1v) is 7.75. The summed E-state index contributed by atoms with van der Waals surface area (Å²) in [5.74, 6) is -0.486. The Balaban J connectivity index is 1.91. The molecule has 0 aliphatic rings. The molecule has 27 heavy (non-hydrogen) atoms. The average molecular weight is 377 g/mol. The van der Waals surface area contributed by atoms with Crippen molar-refractivity contribution in [2.75, 3.05) is 12.4 Å². The van der Waals surface area contributed by atoms with E-state index >= 15 is 0 Å². The van der Waals surface area contributed by atoms with Gasteiger partial charge in [0.15, 0.2) is 0 Å². The maximum atomic E-state index is 12.6. The van der Waals surface area contributed by atoms with E-state index in [9.17, 15) is 23.1 Å². The number of aromatic carboxylic acids is 1. The van der Waals surface area contributed by atoms with Gasteiger partial charge in [0, 0.05) is 11.9 Å². The number of anilines is 1. The first kappa shape index (κ1) is 18.4. The van der Waals surface area contributed by atoms with Crippen molar-refractivity contribution in [1.29, 1.82) is 0 Å². The topological polar surface area (TPSA) is 84.3 Å². The maximum absolute atomic E-state index is 12.6. The van der Waals surface area contributed by atoms with E-state index in [-0.39, 0.29) is 17.6 Å². The van der Waals surface area contributed by atoms with Gasteiger partial charge in [-0.25, -0.2) is 14.8 Å². The monoisotopic (exact) mass is 377 g/mol. The molecule has 9 heteroatoms. The molecule has 0 aliphatic heterocycles. The van der Waals surface area contributed by atoms with Gasteiger partial charge in [0.05, 0.1) is 23.8 Å². The molecular formula is C18H14F3N3O3. The number of fused-ring (bicyclic) bond motifs is 1. The lowest BCUT2D eigenvalue weighted by atomic mass is 10.1. The van der Waals surface area contributed by atoms with Gasteiger partial charge in [-0.3, -0.25) is 0 Å². The number of carboxylic acid groups (broad SMARTS) is 1. The Bertz CT molecular complexity index is 989. The molecule has 1 aromatic heterocycles. The van der Waals surface area contributed by atoms with Gasteiger partial charge < -0.3 is 15.2 Å². The SMILES string of the molecule is COc1cc(C(=O)O)c2ncnc(NCc3ccc(C(F)(F)F)cc3)c2c1. The zero-order valence-electron chi connectivity index (χ0n) is 14.0. The third kappa shape index (κ3) is 3.91. The minimum Gasteiger partial charge on any atom is -0.497 e. The van der Waals surface area contributed by atoms with E-state index in [0.29, 0.717) is 22.5 Å². The van der Waals surface area contributed by atoms with Crippen LogP contribution in [0.4, 0.5) is 19.0 Å². The van der Waals surface area contributed by atoms with E-state index in [0.717, 1.165) is 12.1 Å². The second-order valence-corrected chi connectivity index (χ2v) is 5.65. The number of rotatable bonds is 5. The molecule has 2 aromatic carbocycles. The van der Waals surface area contributed by atoms with Crippen LogP contribution in [0, 0.1) is 0 Å². The second-order valence-electron chi connectivity index (χ2n) is 5.65. The van der Waals surface area contributed by atoms with Crippen LogP contribution < -0.4 is 10.1 Å². The first-order chi connectivity index (χ1) is 12.8. The fourth-order valence-electron chi connectivity index (χ4n) is 2.56. The number of hydrogen-bond donors (Lipinski definition) is 2. The molecule has 0 saturated heterocycles. The molecule has 140 valence electrons. The van der Waals surface area contributed by atoms with Crippen LogP contribution in [0.3, 0.4) is 0 Å². The van der Waals surface area contributed by atoms with Gasteiger partial charge in [-0.1, -0.05) is 12.1 Å². The summed E-state index contributed by atoms with van der Waals surface area (Å²) in [6.45, 7) is 0.198. The Morgan fingerprint density at radius 3 is 2.48 bits per heavy atom. The van der Waals surface area contributed by atoms with Crippen molar-refractivity contribution in [3.63, 3.8) is 0 Å². The third-order valence-electron chi connectivity index (χ3n) is 3.92. The Labute approximate surface area is 151 Å². The number of ether oxygens (including phenoxy) is 1. The lowest BCUT2D eigenvalue weighted by Crippen LogP contribution is -2.07. The van der Waals surface area contributed by atoms with Crippen molar-refractivity contribution in [2.45, 2.75) is 12.7 Å². The number of carboxylic acids is 1. The summed E-state index contributed by atoms with van der Waals surface area (Å²) in [6.07, 6.45) is -3.17. The minimum absolute atomic E-state index is 0.0377. The molecule has 0 aliphatic carbocycles. The molecule has 0 atom stereocenters. The molecular weight excluding hydrogens is 363 g/mol. The molecule has 3 aromatic rings. The van der Waals surface area contributed by atoms with E-state index in [1.54, 1.807) is 6.07 Å². The predicted molar refractivity (Wildman–Crippen MR) is 91.8 cm³/mol. The van der Waals surface area contributed by atoms with Crippen LogP contribution in [-0.4, -0.2) is 28.2 Å². The summed E-state index contributed by atoms with van der Waals surface area (Å²) < 4.78 is 43.0. The van der Waals surface area contributed by atoms with Crippen LogP contribution in [0.25, 0.3) is 10.9 Å². The van der Waals surface area contributed by atoms with Crippen molar-refractivity contribution in [3.8, 4) is 5.75 Å². The molecule has 1 heterocycles. The maximum Gasteiger partial charge on any atom is 0.416 e. The normalized spacial score (nSPS) is 11.4. The fourth-order valence-corrected chi connectivity index (χ4v) is 2.56. The van der Waals surface area contributed by atoms with Gasteiger partial charge in [-0.15, -0.1) is 0 Å². The Hall–Kier alpha value is -3.36. The Kier molecular flexibility index (Phi) is 4.85. The number of halogens is 3. The molecule has 0 radical (unpaired) electrons. The van der Waals surface area contributed by atoms with E-state index in [2.05, 4.69) is 15.3 Å². The highest BCUT2D eigenvalue weighted by molar-refractivity contribution is 6.05. The molecule has 6 nitrogen and oxygen atoms in total. The van der Waals surface area contributed by atoms with Crippen molar-refractivity contribution in [3.05, 3.63) is 59.4 Å². The first-order valence-electron chi connectivity index (χ1n) is 7.75. The number of alkyl halides is 3. The number of nitrogens with zero attached hydrogens (tertiary/aromatic N) is 2. The third-order valence-corrected chi connectivity index (χ3v) is 3.92. The highest BCUT2D eigenvalue weighted by atomic mass is 19.4. The zero-order chi connectivity index (χ0) is 19.6. The highest BCUT2D eigenvalue weighted by Crippen LogP contribution is 2.30. The molecule has 0 bridgehead atoms. The molecule has 0 amide bonds. The van der Waals surface area contributed by atoms with Crippen LogP contribution in [0.2, 0.25) is 0 Å². The second kappa shape index (κ2) is 7.10. The quantitative estimate of drug-likeness (QED) is 0.700. The van der Waals surface area contributed by atoms with Crippen molar-refractivity contribution in [1.82, 2.24) is 9.97 Å². The molecule has 2 N–H and O–H groups in total. The summed E-state index contributed by atoms with van der Waals surface area (Å²) in [5, 5.41) is 12.8. The predicted octanol–water partition coefficient (Wildman–Crippen LogP) is 3.97. The summed E-state index contributed by atoms with van der Waals surface area (Å²) in [4.78, 5) is 19.6. The van der Waals surface area contributed by atoms with E-state index in [1.807, 2.05) is 0 Å². The van der Waals surface area contributed by atoms with Gasteiger partial charge in [0.25, 0.3) is 0 Å².